The molecule has 2 heterocycles. The van der Waals surface area contributed by atoms with Crippen LogP contribution in [0.4, 0.5) is 5.82 Å². The summed E-state index contributed by atoms with van der Waals surface area (Å²) in [5, 5.41) is 3.14. The Morgan fingerprint density at radius 3 is 3.05 bits per heavy atom. The molecule has 0 spiro atoms. The fraction of sp³-hybridized carbons (Fsp3) is 0.733. The monoisotopic (exact) mass is 294 g/mol. The molecule has 1 aliphatic rings. The number of morpholine rings is 1. The van der Waals surface area contributed by atoms with Crippen LogP contribution in [-0.2, 0) is 11.3 Å². The molecule has 2 rings (SSSR count). The smallest absolute Gasteiger partial charge is 0.293 e. The SMILES string of the molecule is CCN1CCOC(CNc2nccn(CC(C)C)c2=O)C1. The van der Waals surface area contributed by atoms with Crippen LogP contribution in [0.2, 0.25) is 0 Å². The molecular formula is C15H26N4O2. The lowest BCUT2D eigenvalue weighted by Gasteiger charge is -2.32. The van der Waals surface area contributed by atoms with Gasteiger partial charge in [-0.25, -0.2) is 4.98 Å². The maximum Gasteiger partial charge on any atom is 0.293 e. The van der Waals surface area contributed by atoms with Gasteiger partial charge in [0.25, 0.3) is 5.56 Å². The molecule has 1 N–H and O–H groups in total. The molecule has 1 unspecified atom stereocenters. The Balaban J connectivity index is 1.95. The van der Waals surface area contributed by atoms with Crippen molar-refractivity contribution >= 4 is 5.82 Å². The molecular weight excluding hydrogens is 268 g/mol. The van der Waals surface area contributed by atoms with E-state index in [-0.39, 0.29) is 11.7 Å². The Morgan fingerprint density at radius 2 is 2.33 bits per heavy atom. The summed E-state index contributed by atoms with van der Waals surface area (Å²) in [5.41, 5.74) is -0.0608. The van der Waals surface area contributed by atoms with Gasteiger partial charge in [0.2, 0.25) is 0 Å². The zero-order chi connectivity index (χ0) is 15.2. The lowest BCUT2D eigenvalue weighted by atomic mass is 10.2. The minimum atomic E-state index is -0.0608. The number of nitrogens with one attached hydrogen (secondary N) is 1. The van der Waals surface area contributed by atoms with Crippen molar-refractivity contribution in [3.05, 3.63) is 22.7 Å². The van der Waals surface area contributed by atoms with Crippen molar-refractivity contribution < 1.29 is 4.74 Å². The van der Waals surface area contributed by atoms with Crippen molar-refractivity contribution in [2.24, 2.45) is 5.92 Å². The molecule has 0 bridgehead atoms. The number of anilines is 1. The van der Waals surface area contributed by atoms with Gasteiger partial charge in [-0.2, -0.15) is 0 Å². The highest BCUT2D eigenvalue weighted by atomic mass is 16.5. The fourth-order valence-electron chi connectivity index (χ4n) is 2.51. The number of ether oxygens (including phenoxy) is 1. The third kappa shape index (κ3) is 4.54. The normalized spacial score (nSPS) is 19.9. The quantitative estimate of drug-likeness (QED) is 0.849. The topological polar surface area (TPSA) is 59.4 Å². The van der Waals surface area contributed by atoms with Gasteiger partial charge in [-0.1, -0.05) is 20.8 Å². The molecule has 1 fully saturated rings. The first kappa shape index (κ1) is 16.0. The Kier molecular flexibility index (Phi) is 5.76. The summed E-state index contributed by atoms with van der Waals surface area (Å²) < 4.78 is 7.43. The maximum atomic E-state index is 12.3. The lowest BCUT2D eigenvalue weighted by molar-refractivity contribution is -0.0192. The van der Waals surface area contributed by atoms with Gasteiger partial charge in [-0.05, 0) is 12.5 Å². The number of aromatic nitrogens is 2. The molecule has 1 atom stereocenters. The maximum absolute atomic E-state index is 12.3. The van der Waals surface area contributed by atoms with E-state index in [0.717, 1.165) is 26.2 Å². The zero-order valence-electron chi connectivity index (χ0n) is 13.2. The van der Waals surface area contributed by atoms with Crippen LogP contribution in [0.15, 0.2) is 17.2 Å². The van der Waals surface area contributed by atoms with Crippen LogP contribution in [0.3, 0.4) is 0 Å². The second-order valence-electron chi connectivity index (χ2n) is 5.89. The first-order valence-corrected chi connectivity index (χ1v) is 7.73. The van der Waals surface area contributed by atoms with E-state index in [9.17, 15) is 4.79 Å². The number of hydrogen-bond acceptors (Lipinski definition) is 5. The molecule has 118 valence electrons. The van der Waals surface area contributed by atoms with Crippen LogP contribution in [0.25, 0.3) is 0 Å². The number of rotatable bonds is 6. The summed E-state index contributed by atoms with van der Waals surface area (Å²) in [6.45, 7) is 11.3. The Morgan fingerprint density at radius 1 is 1.52 bits per heavy atom. The van der Waals surface area contributed by atoms with Crippen LogP contribution in [0.5, 0.6) is 0 Å². The standard InChI is InChI=1S/C15H26N4O2/c1-4-18-7-8-21-13(11-18)9-17-14-15(20)19(6-5-16-14)10-12(2)3/h5-6,12-13H,4,7-11H2,1-3H3,(H,16,17). The minimum Gasteiger partial charge on any atom is -0.374 e. The first-order chi connectivity index (χ1) is 10.1. The van der Waals surface area contributed by atoms with Gasteiger partial charge in [0.05, 0.1) is 12.7 Å². The number of nitrogens with zero attached hydrogens (tertiary/aromatic N) is 3. The van der Waals surface area contributed by atoms with E-state index in [4.69, 9.17) is 4.74 Å². The lowest BCUT2D eigenvalue weighted by Crippen LogP contribution is -2.45. The van der Waals surface area contributed by atoms with Gasteiger partial charge >= 0.3 is 0 Å². The van der Waals surface area contributed by atoms with Crippen molar-refractivity contribution in [1.29, 1.82) is 0 Å². The zero-order valence-corrected chi connectivity index (χ0v) is 13.2. The van der Waals surface area contributed by atoms with E-state index < -0.39 is 0 Å². The van der Waals surface area contributed by atoms with Crippen LogP contribution in [0, 0.1) is 5.92 Å². The molecule has 0 amide bonds. The van der Waals surface area contributed by atoms with Crippen molar-refractivity contribution in [3.63, 3.8) is 0 Å². The predicted octanol–water partition coefficient (Wildman–Crippen LogP) is 1.03. The van der Waals surface area contributed by atoms with Gasteiger partial charge in [0.15, 0.2) is 5.82 Å². The van der Waals surface area contributed by atoms with Crippen LogP contribution >= 0.6 is 0 Å². The number of likely N-dealkylation sites (N-methyl/N-ethyl adjacent to an activating group) is 1. The molecule has 0 radical (unpaired) electrons. The third-order valence-corrected chi connectivity index (χ3v) is 3.64. The largest absolute Gasteiger partial charge is 0.374 e. The fourth-order valence-corrected chi connectivity index (χ4v) is 2.51. The minimum absolute atomic E-state index is 0.0608. The average Bonchev–Trinajstić information content (AvgIpc) is 2.48. The molecule has 21 heavy (non-hydrogen) atoms. The molecule has 1 saturated heterocycles. The summed E-state index contributed by atoms with van der Waals surface area (Å²) in [5.74, 6) is 0.841. The predicted molar refractivity (Wildman–Crippen MR) is 83.7 cm³/mol. The average molecular weight is 294 g/mol. The molecule has 1 aliphatic heterocycles. The van der Waals surface area contributed by atoms with E-state index in [1.54, 1.807) is 17.0 Å². The molecule has 0 saturated carbocycles. The van der Waals surface area contributed by atoms with Crippen molar-refractivity contribution in [2.45, 2.75) is 33.4 Å². The third-order valence-electron chi connectivity index (χ3n) is 3.64. The molecule has 1 aromatic heterocycles. The molecule has 6 heteroatoms. The highest BCUT2D eigenvalue weighted by Crippen LogP contribution is 2.06. The molecule has 1 aromatic rings. The van der Waals surface area contributed by atoms with Crippen LogP contribution < -0.4 is 10.9 Å². The second-order valence-corrected chi connectivity index (χ2v) is 5.89. The number of hydrogen-bond donors (Lipinski definition) is 1. The molecule has 6 nitrogen and oxygen atoms in total. The van der Waals surface area contributed by atoms with Gasteiger partial charge in [-0.15, -0.1) is 0 Å². The van der Waals surface area contributed by atoms with Gasteiger partial charge in [0, 0.05) is 38.6 Å². The van der Waals surface area contributed by atoms with E-state index >= 15 is 0 Å². The van der Waals surface area contributed by atoms with E-state index in [1.807, 2.05) is 0 Å². The van der Waals surface area contributed by atoms with Crippen molar-refractivity contribution in [3.8, 4) is 0 Å². The summed E-state index contributed by atoms with van der Waals surface area (Å²) in [4.78, 5) is 18.8. The highest BCUT2D eigenvalue weighted by Gasteiger charge is 2.19. The van der Waals surface area contributed by atoms with Crippen molar-refractivity contribution in [2.75, 3.05) is 38.1 Å². The van der Waals surface area contributed by atoms with E-state index in [0.29, 0.717) is 24.8 Å². The van der Waals surface area contributed by atoms with E-state index in [1.165, 1.54) is 0 Å². The van der Waals surface area contributed by atoms with E-state index in [2.05, 4.69) is 36.0 Å². The Labute approximate surface area is 126 Å². The van der Waals surface area contributed by atoms with Gasteiger partial charge < -0.3 is 14.6 Å². The van der Waals surface area contributed by atoms with Gasteiger partial charge in [-0.3, -0.25) is 9.69 Å². The Hall–Kier alpha value is -1.40. The van der Waals surface area contributed by atoms with Crippen molar-refractivity contribution in [1.82, 2.24) is 14.5 Å². The van der Waals surface area contributed by atoms with Gasteiger partial charge in [0.1, 0.15) is 0 Å². The second kappa shape index (κ2) is 7.56. The summed E-state index contributed by atoms with van der Waals surface area (Å²) >= 11 is 0. The molecule has 0 aliphatic carbocycles. The molecule has 0 aromatic carbocycles. The Bertz CT molecular complexity index is 501. The first-order valence-electron chi connectivity index (χ1n) is 7.73. The highest BCUT2D eigenvalue weighted by molar-refractivity contribution is 5.30. The summed E-state index contributed by atoms with van der Waals surface area (Å²) in [6, 6.07) is 0. The summed E-state index contributed by atoms with van der Waals surface area (Å²) in [7, 11) is 0. The van der Waals surface area contributed by atoms with Crippen LogP contribution in [0.1, 0.15) is 20.8 Å². The summed E-state index contributed by atoms with van der Waals surface area (Å²) in [6.07, 6.45) is 3.52. The van der Waals surface area contributed by atoms with Crippen LogP contribution in [-0.4, -0.2) is 53.3 Å².